The third-order valence-electron chi connectivity index (χ3n) is 4.63. The summed E-state index contributed by atoms with van der Waals surface area (Å²) in [5, 5.41) is 2.07. The van der Waals surface area contributed by atoms with E-state index in [4.69, 9.17) is 4.74 Å². The fourth-order valence-corrected chi connectivity index (χ4v) is 2.24. The molecule has 0 aliphatic carbocycles. The second-order valence-electron chi connectivity index (χ2n) is 8.82. The highest BCUT2D eigenvalue weighted by Crippen LogP contribution is 2.28. The second kappa shape index (κ2) is 12.1. The normalized spacial score (nSPS) is 16.3. The predicted molar refractivity (Wildman–Crippen MR) is 109 cm³/mol. The Morgan fingerprint density at radius 3 is 1.88 bits per heavy atom. The van der Waals surface area contributed by atoms with Crippen molar-refractivity contribution in [1.29, 1.82) is 0 Å². The number of carbonyl (C=O) groups is 5. The van der Waals surface area contributed by atoms with Gasteiger partial charge in [-0.3, -0.25) is 19.7 Å². The predicted octanol–water partition coefficient (Wildman–Crippen LogP) is 2.79. The van der Waals surface area contributed by atoms with Crippen molar-refractivity contribution in [3.05, 3.63) is 0 Å². The lowest BCUT2D eigenvalue weighted by atomic mass is 9.90. The Balaban J connectivity index is 4.93. The van der Waals surface area contributed by atoms with Crippen molar-refractivity contribution < 1.29 is 55.7 Å². The topological polar surface area (TPSA) is 125 Å². The van der Waals surface area contributed by atoms with Crippen LogP contribution >= 0.6 is 0 Å². The molecule has 0 aliphatic heterocycles. The molecule has 0 radical (unpaired) electrons. The summed E-state index contributed by atoms with van der Waals surface area (Å²) < 4.78 is 65.7. The monoisotopic (exact) mass is 501 g/mol. The minimum atomic E-state index is -4.82. The van der Waals surface area contributed by atoms with Crippen molar-refractivity contribution in [2.75, 3.05) is 6.61 Å². The van der Waals surface area contributed by atoms with Crippen molar-refractivity contribution in [2.45, 2.75) is 85.4 Å². The third kappa shape index (κ3) is 10.0. The van der Waals surface area contributed by atoms with Gasteiger partial charge < -0.3 is 14.2 Å². The number of esters is 3. The molecular formula is C21H31F4NO8. The Morgan fingerprint density at radius 2 is 1.44 bits per heavy atom. The van der Waals surface area contributed by atoms with Crippen LogP contribution in [-0.4, -0.2) is 60.4 Å². The molecule has 0 rings (SSSR count). The summed E-state index contributed by atoms with van der Waals surface area (Å²) in [5.74, 6) is -6.92. The van der Waals surface area contributed by atoms with Gasteiger partial charge in [-0.05, 0) is 20.3 Å². The van der Waals surface area contributed by atoms with E-state index in [0.29, 0.717) is 6.92 Å². The quantitative estimate of drug-likeness (QED) is 0.275. The Bertz CT molecular complexity index is 778. The number of hydrogen-bond acceptors (Lipinski definition) is 8. The zero-order valence-electron chi connectivity index (χ0n) is 20.1. The number of halogens is 4. The van der Waals surface area contributed by atoms with Gasteiger partial charge in [-0.1, -0.05) is 34.6 Å². The molecule has 9 nitrogen and oxygen atoms in total. The van der Waals surface area contributed by atoms with Crippen LogP contribution < -0.4 is 5.32 Å². The molecule has 196 valence electrons. The van der Waals surface area contributed by atoms with Crippen LogP contribution in [0.2, 0.25) is 0 Å². The SMILES string of the molecule is CCC(F)(CC(C)C(=O)OC(C)C(=O)NC(=O)C(C)(C)C)C(=O)OCC(=O)OC(C)C(F)(F)F. The summed E-state index contributed by atoms with van der Waals surface area (Å²) >= 11 is 0. The molecule has 13 heteroatoms. The number of amides is 2. The minimum absolute atomic E-state index is 0.492. The van der Waals surface area contributed by atoms with Gasteiger partial charge in [-0.2, -0.15) is 13.2 Å². The van der Waals surface area contributed by atoms with Crippen molar-refractivity contribution in [2.24, 2.45) is 11.3 Å². The van der Waals surface area contributed by atoms with Gasteiger partial charge >= 0.3 is 24.1 Å². The lowest BCUT2D eigenvalue weighted by Crippen LogP contribution is -2.45. The first-order valence-electron chi connectivity index (χ1n) is 10.4. The largest absolute Gasteiger partial charge is 0.452 e. The zero-order valence-corrected chi connectivity index (χ0v) is 20.1. The smallest absolute Gasteiger partial charge is 0.425 e. The van der Waals surface area contributed by atoms with Gasteiger partial charge in [0.15, 0.2) is 18.8 Å². The zero-order chi connectivity index (χ0) is 27.1. The van der Waals surface area contributed by atoms with E-state index in [0.717, 1.165) is 0 Å². The van der Waals surface area contributed by atoms with Crippen LogP contribution in [0.3, 0.4) is 0 Å². The van der Waals surface area contributed by atoms with E-state index < -0.39 is 84.6 Å². The minimum Gasteiger partial charge on any atom is -0.452 e. The molecule has 0 aliphatic rings. The number of imide groups is 1. The van der Waals surface area contributed by atoms with Crippen LogP contribution in [0.4, 0.5) is 17.6 Å². The second-order valence-corrected chi connectivity index (χ2v) is 8.82. The summed E-state index contributed by atoms with van der Waals surface area (Å²) in [6.07, 6.45) is -9.92. The number of carbonyl (C=O) groups excluding carboxylic acids is 5. The highest BCUT2D eigenvalue weighted by atomic mass is 19.4. The highest BCUT2D eigenvalue weighted by Gasteiger charge is 2.43. The van der Waals surface area contributed by atoms with Gasteiger partial charge in [0.2, 0.25) is 11.6 Å². The Hall–Kier alpha value is -2.73. The van der Waals surface area contributed by atoms with Crippen LogP contribution in [0.1, 0.15) is 61.3 Å². The van der Waals surface area contributed by atoms with Crippen LogP contribution in [-0.2, 0) is 38.2 Å². The molecule has 0 aromatic carbocycles. The van der Waals surface area contributed by atoms with Gasteiger partial charge in [0, 0.05) is 11.8 Å². The van der Waals surface area contributed by atoms with Gasteiger partial charge in [0.1, 0.15) is 0 Å². The number of rotatable bonds is 10. The number of hydrogen-bond donors (Lipinski definition) is 1. The molecule has 0 fully saturated rings. The molecular weight excluding hydrogens is 470 g/mol. The molecule has 0 aromatic rings. The number of ether oxygens (including phenoxy) is 3. The van der Waals surface area contributed by atoms with Gasteiger partial charge in [0.05, 0.1) is 5.92 Å². The molecule has 0 bridgehead atoms. The average Bonchev–Trinajstić information content (AvgIpc) is 2.69. The lowest BCUT2D eigenvalue weighted by Gasteiger charge is -2.25. The van der Waals surface area contributed by atoms with E-state index >= 15 is 4.39 Å². The van der Waals surface area contributed by atoms with E-state index in [2.05, 4.69) is 14.8 Å². The van der Waals surface area contributed by atoms with Crippen molar-refractivity contribution in [1.82, 2.24) is 5.32 Å². The van der Waals surface area contributed by atoms with Crippen LogP contribution in [0.5, 0.6) is 0 Å². The first-order chi connectivity index (χ1) is 15.2. The Labute approximate surface area is 194 Å². The molecule has 0 aromatic heterocycles. The lowest BCUT2D eigenvalue weighted by molar-refractivity contribution is -0.218. The Kier molecular flexibility index (Phi) is 11.1. The molecule has 0 saturated carbocycles. The molecule has 0 spiro atoms. The maximum absolute atomic E-state index is 15.1. The maximum Gasteiger partial charge on any atom is 0.425 e. The molecule has 1 N–H and O–H groups in total. The van der Waals surface area contributed by atoms with Crippen molar-refractivity contribution >= 4 is 29.7 Å². The number of alkyl halides is 4. The molecule has 0 heterocycles. The fourth-order valence-electron chi connectivity index (χ4n) is 2.24. The number of nitrogens with one attached hydrogen (secondary N) is 1. The first kappa shape index (κ1) is 31.3. The van der Waals surface area contributed by atoms with Crippen molar-refractivity contribution in [3.63, 3.8) is 0 Å². The highest BCUT2D eigenvalue weighted by molar-refractivity contribution is 5.99. The molecule has 34 heavy (non-hydrogen) atoms. The summed E-state index contributed by atoms with van der Waals surface area (Å²) in [5.41, 5.74) is -3.65. The summed E-state index contributed by atoms with van der Waals surface area (Å²) in [7, 11) is 0. The molecule has 4 atom stereocenters. The van der Waals surface area contributed by atoms with Gasteiger partial charge in [0.25, 0.3) is 5.91 Å². The standard InChI is InChI=1S/C21H31F4NO8/c1-8-20(22,18(31)32-10-14(27)34-13(4)21(23,24)25)9-11(2)16(29)33-12(3)15(28)26-17(30)19(5,6)7/h11-13H,8-10H2,1-7H3,(H,26,28,30). The van der Waals surface area contributed by atoms with Gasteiger partial charge in [-0.15, -0.1) is 0 Å². The van der Waals surface area contributed by atoms with Crippen LogP contribution in [0.15, 0.2) is 0 Å². The van der Waals surface area contributed by atoms with Crippen molar-refractivity contribution in [3.8, 4) is 0 Å². The van der Waals surface area contributed by atoms with Crippen LogP contribution in [0.25, 0.3) is 0 Å². The summed E-state index contributed by atoms with van der Waals surface area (Å²) in [4.78, 5) is 59.7. The van der Waals surface area contributed by atoms with E-state index in [1.54, 1.807) is 20.8 Å². The first-order valence-corrected chi connectivity index (χ1v) is 10.4. The van der Waals surface area contributed by atoms with E-state index in [1.807, 2.05) is 0 Å². The molecule has 2 amide bonds. The van der Waals surface area contributed by atoms with E-state index in [1.165, 1.54) is 20.8 Å². The van der Waals surface area contributed by atoms with Gasteiger partial charge in [-0.25, -0.2) is 14.0 Å². The van der Waals surface area contributed by atoms with E-state index in [9.17, 15) is 37.1 Å². The van der Waals surface area contributed by atoms with Crippen LogP contribution in [0, 0.1) is 11.3 Å². The summed E-state index contributed by atoms with van der Waals surface area (Å²) in [6, 6.07) is 0. The molecule has 0 saturated heterocycles. The molecule has 4 unspecified atom stereocenters. The fraction of sp³-hybridized carbons (Fsp3) is 0.762. The summed E-state index contributed by atoms with van der Waals surface area (Å²) in [6.45, 7) is 7.66. The average molecular weight is 501 g/mol. The maximum atomic E-state index is 15.1. The third-order valence-corrected chi connectivity index (χ3v) is 4.63. The van der Waals surface area contributed by atoms with E-state index in [-0.39, 0.29) is 0 Å². The Morgan fingerprint density at radius 1 is 0.912 bits per heavy atom.